The van der Waals surface area contributed by atoms with Gasteiger partial charge in [0.25, 0.3) is 5.91 Å². The number of hydrogen-bond donors (Lipinski definition) is 0. The summed E-state index contributed by atoms with van der Waals surface area (Å²) in [6, 6.07) is 11.7. The molecule has 1 fully saturated rings. The van der Waals surface area contributed by atoms with E-state index in [-0.39, 0.29) is 5.91 Å². The molecular weight excluding hydrogens is 354 g/mol. The van der Waals surface area contributed by atoms with Crippen molar-refractivity contribution in [3.05, 3.63) is 76.4 Å². The average molecular weight is 370 g/mol. The van der Waals surface area contributed by atoms with Gasteiger partial charge in [-0.25, -0.2) is 4.99 Å². The summed E-state index contributed by atoms with van der Waals surface area (Å²) in [7, 11) is 0. The van der Waals surface area contributed by atoms with E-state index in [0.29, 0.717) is 27.3 Å². The average Bonchev–Trinajstić information content (AvgIpc) is 2.93. The molecule has 2 heterocycles. The Kier molecular flexibility index (Phi) is 5.68. The molecule has 1 aliphatic rings. The highest BCUT2D eigenvalue weighted by Crippen LogP contribution is 2.34. The number of amidine groups is 1. The lowest BCUT2D eigenvalue weighted by atomic mass is 10.2. The van der Waals surface area contributed by atoms with Gasteiger partial charge in [-0.15, -0.1) is 0 Å². The van der Waals surface area contributed by atoms with Crippen LogP contribution in [-0.4, -0.2) is 27.5 Å². The number of rotatable bonds is 4. The molecule has 1 amide bonds. The van der Waals surface area contributed by atoms with Crippen molar-refractivity contribution < 1.29 is 4.79 Å². The number of carbonyl (C=O) groups excluding carboxylic acids is 1. The fourth-order valence-corrected chi connectivity index (χ4v) is 3.43. The molecule has 126 valence electrons. The van der Waals surface area contributed by atoms with E-state index in [2.05, 4.69) is 9.98 Å². The first kappa shape index (κ1) is 17.5. The summed E-state index contributed by atoms with van der Waals surface area (Å²) >= 11 is 7.46. The van der Waals surface area contributed by atoms with Crippen LogP contribution in [0.4, 0.5) is 5.69 Å². The summed E-state index contributed by atoms with van der Waals surface area (Å²) in [5, 5.41) is 1.08. The Balaban J connectivity index is 1.84. The highest BCUT2D eigenvalue weighted by Gasteiger charge is 2.31. The van der Waals surface area contributed by atoms with E-state index in [1.807, 2.05) is 55.5 Å². The van der Waals surface area contributed by atoms with Gasteiger partial charge < -0.3 is 0 Å². The van der Waals surface area contributed by atoms with Crippen LogP contribution in [-0.2, 0) is 4.79 Å². The number of pyridine rings is 1. The molecule has 3 rings (SSSR count). The highest BCUT2D eigenvalue weighted by atomic mass is 35.5. The second-order valence-corrected chi connectivity index (χ2v) is 6.59. The molecule has 0 N–H and O–H groups in total. The Morgan fingerprint density at radius 3 is 2.80 bits per heavy atom. The van der Waals surface area contributed by atoms with Gasteiger partial charge >= 0.3 is 0 Å². The summed E-state index contributed by atoms with van der Waals surface area (Å²) in [5.41, 5.74) is 1.69. The molecule has 0 saturated carbocycles. The van der Waals surface area contributed by atoms with Crippen LogP contribution in [0.25, 0.3) is 6.08 Å². The fraction of sp³-hybridized carbons (Fsp3) is 0.105. The molecule has 4 nitrogen and oxygen atoms in total. The standard InChI is InChI=1S/C19H16ClN3OS/c1-2-23-18(24)17(10-6-9-14-7-4-3-5-8-14)25-19(23)22-16-11-12-21-13-15(16)20/h3-13H,2H2,1H3/b9-6+,17-10-,22-19?. The van der Waals surface area contributed by atoms with Crippen molar-refractivity contribution >= 4 is 46.2 Å². The first-order valence-electron chi connectivity index (χ1n) is 7.80. The van der Waals surface area contributed by atoms with Crippen molar-refractivity contribution in [3.8, 4) is 0 Å². The molecule has 1 aromatic heterocycles. The largest absolute Gasteiger partial charge is 0.287 e. The molecule has 2 aromatic rings. The van der Waals surface area contributed by atoms with Gasteiger partial charge in [-0.2, -0.15) is 0 Å². The number of aromatic nitrogens is 1. The van der Waals surface area contributed by atoms with Crippen molar-refractivity contribution in [2.24, 2.45) is 4.99 Å². The van der Waals surface area contributed by atoms with Crippen LogP contribution in [0.3, 0.4) is 0 Å². The zero-order chi connectivity index (χ0) is 17.6. The van der Waals surface area contributed by atoms with Gasteiger partial charge in [0, 0.05) is 18.9 Å². The monoisotopic (exact) mass is 369 g/mol. The second-order valence-electron chi connectivity index (χ2n) is 5.17. The molecule has 0 unspecified atom stereocenters. The maximum absolute atomic E-state index is 12.5. The Morgan fingerprint density at radius 1 is 1.28 bits per heavy atom. The minimum absolute atomic E-state index is 0.0471. The Bertz CT molecular complexity index is 862. The third-order valence-electron chi connectivity index (χ3n) is 3.51. The number of nitrogens with zero attached hydrogens (tertiary/aromatic N) is 3. The van der Waals surface area contributed by atoms with Crippen molar-refractivity contribution in [1.29, 1.82) is 0 Å². The topological polar surface area (TPSA) is 45.6 Å². The summed E-state index contributed by atoms with van der Waals surface area (Å²) < 4.78 is 0. The zero-order valence-corrected chi connectivity index (χ0v) is 15.2. The molecule has 0 atom stereocenters. The predicted octanol–water partition coefficient (Wildman–Crippen LogP) is 4.92. The van der Waals surface area contributed by atoms with Crippen LogP contribution >= 0.6 is 23.4 Å². The van der Waals surface area contributed by atoms with E-state index >= 15 is 0 Å². The minimum atomic E-state index is -0.0471. The number of allylic oxidation sites excluding steroid dienone is 2. The normalized spacial score (nSPS) is 18.0. The Labute approximate surface area is 155 Å². The summed E-state index contributed by atoms with van der Waals surface area (Å²) in [5.74, 6) is -0.0471. The number of carbonyl (C=O) groups is 1. The predicted molar refractivity (Wildman–Crippen MR) is 105 cm³/mol. The van der Waals surface area contributed by atoms with Crippen molar-refractivity contribution in [1.82, 2.24) is 9.88 Å². The third-order valence-corrected chi connectivity index (χ3v) is 4.82. The maximum Gasteiger partial charge on any atom is 0.266 e. The van der Waals surface area contributed by atoms with Gasteiger partial charge in [-0.05, 0) is 36.4 Å². The van der Waals surface area contributed by atoms with Gasteiger partial charge in [-0.3, -0.25) is 14.7 Å². The van der Waals surface area contributed by atoms with Crippen LogP contribution in [0.5, 0.6) is 0 Å². The lowest BCUT2D eigenvalue weighted by molar-refractivity contribution is -0.122. The molecule has 6 heteroatoms. The summed E-state index contributed by atoms with van der Waals surface area (Å²) in [4.78, 5) is 23.3. The number of hydrogen-bond acceptors (Lipinski definition) is 4. The second kappa shape index (κ2) is 8.14. The number of benzene rings is 1. The van der Waals surface area contributed by atoms with Gasteiger partial charge in [0.05, 0.1) is 15.6 Å². The fourth-order valence-electron chi connectivity index (χ4n) is 2.26. The van der Waals surface area contributed by atoms with Gasteiger partial charge in [0.2, 0.25) is 0 Å². The van der Waals surface area contributed by atoms with Gasteiger partial charge in [0.15, 0.2) is 5.17 Å². The van der Waals surface area contributed by atoms with Crippen LogP contribution in [0.2, 0.25) is 5.02 Å². The van der Waals surface area contributed by atoms with E-state index in [1.165, 1.54) is 18.0 Å². The maximum atomic E-state index is 12.5. The highest BCUT2D eigenvalue weighted by molar-refractivity contribution is 8.18. The quantitative estimate of drug-likeness (QED) is 0.719. The molecule has 1 saturated heterocycles. The number of thioether (sulfide) groups is 1. The molecule has 0 bridgehead atoms. The number of halogens is 1. The van der Waals surface area contributed by atoms with Crippen molar-refractivity contribution in [3.63, 3.8) is 0 Å². The SMILES string of the molecule is CCN1C(=O)/C(=C/C=C/c2ccccc2)SC1=Nc1ccncc1Cl. The lowest BCUT2D eigenvalue weighted by Crippen LogP contribution is -2.28. The lowest BCUT2D eigenvalue weighted by Gasteiger charge is -2.12. The van der Waals surface area contributed by atoms with Crippen molar-refractivity contribution in [2.45, 2.75) is 6.92 Å². The zero-order valence-electron chi connectivity index (χ0n) is 13.6. The Morgan fingerprint density at radius 2 is 2.08 bits per heavy atom. The smallest absolute Gasteiger partial charge is 0.266 e. The van der Waals surface area contributed by atoms with Crippen LogP contribution in [0.1, 0.15) is 12.5 Å². The van der Waals surface area contributed by atoms with Gasteiger partial charge in [-0.1, -0.05) is 54.1 Å². The van der Waals surface area contributed by atoms with Crippen LogP contribution < -0.4 is 0 Å². The molecular formula is C19H16ClN3OS. The van der Waals surface area contributed by atoms with Gasteiger partial charge in [0.1, 0.15) is 0 Å². The molecule has 25 heavy (non-hydrogen) atoms. The molecule has 1 aliphatic heterocycles. The molecule has 1 aromatic carbocycles. The number of likely N-dealkylation sites (N-methyl/N-ethyl adjacent to an activating group) is 1. The van der Waals surface area contributed by atoms with E-state index in [9.17, 15) is 4.79 Å². The molecule has 0 aliphatic carbocycles. The van der Waals surface area contributed by atoms with Crippen LogP contribution in [0.15, 0.2) is 70.8 Å². The van der Waals surface area contributed by atoms with Crippen molar-refractivity contribution in [2.75, 3.05) is 6.54 Å². The minimum Gasteiger partial charge on any atom is -0.287 e. The van der Waals surface area contributed by atoms with E-state index in [0.717, 1.165) is 5.56 Å². The number of amides is 1. The first-order valence-corrected chi connectivity index (χ1v) is 9.00. The summed E-state index contributed by atoms with van der Waals surface area (Å²) in [6.45, 7) is 2.47. The molecule has 0 radical (unpaired) electrons. The molecule has 0 spiro atoms. The number of aliphatic imine (C=N–C) groups is 1. The third kappa shape index (κ3) is 4.18. The van der Waals surface area contributed by atoms with E-state index < -0.39 is 0 Å². The first-order chi connectivity index (χ1) is 12.2. The van der Waals surface area contributed by atoms with Crippen LogP contribution in [0, 0.1) is 0 Å². The summed E-state index contributed by atoms with van der Waals surface area (Å²) in [6.07, 6.45) is 8.83. The van der Waals surface area contributed by atoms with E-state index in [1.54, 1.807) is 17.2 Å². The van der Waals surface area contributed by atoms with E-state index in [4.69, 9.17) is 11.6 Å². The Hall–Kier alpha value is -2.37.